The van der Waals surface area contributed by atoms with Crippen LogP contribution in [0.1, 0.15) is 5.69 Å². The molecule has 0 aromatic carbocycles. The molecule has 0 bridgehead atoms. The molecule has 0 aliphatic heterocycles. The number of nitrogens with two attached hydrogens (primary N) is 1. The van der Waals surface area contributed by atoms with Gasteiger partial charge in [-0.2, -0.15) is 0 Å². The standard InChI is InChI=1S/C8H13N5O2S2/c1-17(14,15)13-3-2-10-7-5-11-6(4-12-7)8(9)16/h4-5,13H,2-3H2,1H3,(H2,9,16)(H,10,12). The lowest BCUT2D eigenvalue weighted by atomic mass is 10.4. The third-order valence-electron chi connectivity index (χ3n) is 1.70. The second-order valence-corrected chi connectivity index (χ2v) is 5.52. The molecule has 0 aliphatic rings. The summed E-state index contributed by atoms with van der Waals surface area (Å²) in [5.41, 5.74) is 5.81. The molecule has 0 fully saturated rings. The second-order valence-electron chi connectivity index (χ2n) is 3.24. The number of thiocarbonyl (C=S) groups is 1. The molecule has 0 saturated heterocycles. The van der Waals surface area contributed by atoms with Crippen molar-refractivity contribution in [1.29, 1.82) is 0 Å². The number of nitrogens with zero attached hydrogens (tertiary/aromatic N) is 2. The lowest BCUT2D eigenvalue weighted by Gasteiger charge is -2.05. The number of aromatic nitrogens is 2. The van der Waals surface area contributed by atoms with Crippen LogP contribution in [0.15, 0.2) is 12.4 Å². The van der Waals surface area contributed by atoms with Crippen molar-refractivity contribution in [3.63, 3.8) is 0 Å². The van der Waals surface area contributed by atoms with E-state index in [0.29, 0.717) is 18.1 Å². The Bertz CT molecular complexity index is 485. The fourth-order valence-electron chi connectivity index (χ4n) is 0.974. The molecular weight excluding hydrogens is 262 g/mol. The van der Waals surface area contributed by atoms with Gasteiger partial charge in [0.1, 0.15) is 16.5 Å². The van der Waals surface area contributed by atoms with E-state index in [1.165, 1.54) is 12.4 Å². The highest BCUT2D eigenvalue weighted by Crippen LogP contribution is 1.99. The fourth-order valence-corrected chi connectivity index (χ4v) is 1.55. The van der Waals surface area contributed by atoms with E-state index in [-0.39, 0.29) is 11.5 Å². The number of hydrogen-bond acceptors (Lipinski definition) is 6. The molecule has 1 heterocycles. The molecule has 1 aromatic rings. The first-order chi connectivity index (χ1) is 7.88. The van der Waals surface area contributed by atoms with Gasteiger partial charge in [-0.25, -0.2) is 23.1 Å². The molecule has 1 aromatic heterocycles. The van der Waals surface area contributed by atoms with Crippen LogP contribution in [0.4, 0.5) is 5.82 Å². The Balaban J connectivity index is 2.40. The van der Waals surface area contributed by atoms with Crippen molar-refractivity contribution in [1.82, 2.24) is 14.7 Å². The first-order valence-corrected chi connectivity index (χ1v) is 6.99. The normalized spacial score (nSPS) is 11.1. The molecule has 1 rings (SSSR count). The minimum absolute atomic E-state index is 0.183. The van der Waals surface area contributed by atoms with Crippen molar-refractivity contribution in [2.75, 3.05) is 24.7 Å². The molecule has 0 aliphatic carbocycles. The highest BCUT2D eigenvalue weighted by atomic mass is 32.2. The maximum absolute atomic E-state index is 10.8. The van der Waals surface area contributed by atoms with Gasteiger partial charge in [-0.1, -0.05) is 12.2 Å². The molecule has 0 spiro atoms. The molecular formula is C8H13N5O2S2. The van der Waals surface area contributed by atoms with Crippen LogP contribution in [0.25, 0.3) is 0 Å². The smallest absolute Gasteiger partial charge is 0.208 e. The maximum atomic E-state index is 10.8. The van der Waals surface area contributed by atoms with Gasteiger partial charge in [0.2, 0.25) is 10.0 Å². The quantitative estimate of drug-likeness (QED) is 0.454. The molecule has 94 valence electrons. The zero-order valence-electron chi connectivity index (χ0n) is 9.17. The first kappa shape index (κ1) is 13.7. The van der Waals surface area contributed by atoms with E-state index in [2.05, 4.69) is 20.0 Å². The summed E-state index contributed by atoms with van der Waals surface area (Å²) in [6.45, 7) is 0.686. The molecule has 4 N–H and O–H groups in total. The van der Waals surface area contributed by atoms with E-state index in [9.17, 15) is 8.42 Å². The van der Waals surface area contributed by atoms with Crippen LogP contribution in [0.5, 0.6) is 0 Å². The summed E-state index contributed by atoms with van der Waals surface area (Å²) < 4.78 is 23.9. The third kappa shape index (κ3) is 5.52. The van der Waals surface area contributed by atoms with Gasteiger partial charge in [0, 0.05) is 13.1 Å². The van der Waals surface area contributed by atoms with Crippen LogP contribution < -0.4 is 15.8 Å². The predicted molar refractivity (Wildman–Crippen MR) is 69.3 cm³/mol. The Morgan fingerprint density at radius 2 is 2.12 bits per heavy atom. The van der Waals surface area contributed by atoms with Crippen molar-refractivity contribution < 1.29 is 8.42 Å². The molecule has 0 radical (unpaired) electrons. The summed E-state index contributed by atoms with van der Waals surface area (Å²) >= 11 is 4.73. The third-order valence-corrected chi connectivity index (χ3v) is 2.64. The van der Waals surface area contributed by atoms with E-state index in [4.69, 9.17) is 18.0 Å². The Kier molecular flexibility index (Phi) is 4.73. The van der Waals surface area contributed by atoms with Gasteiger partial charge in [0.15, 0.2) is 0 Å². The highest BCUT2D eigenvalue weighted by Gasteiger charge is 2.01. The lowest BCUT2D eigenvalue weighted by Crippen LogP contribution is -2.27. The lowest BCUT2D eigenvalue weighted by molar-refractivity contribution is 0.589. The number of sulfonamides is 1. The minimum atomic E-state index is -3.16. The van der Waals surface area contributed by atoms with E-state index >= 15 is 0 Å². The van der Waals surface area contributed by atoms with Gasteiger partial charge < -0.3 is 11.1 Å². The molecule has 0 atom stereocenters. The van der Waals surface area contributed by atoms with Crippen LogP contribution in [0.2, 0.25) is 0 Å². The second kappa shape index (κ2) is 5.84. The topological polar surface area (TPSA) is 110 Å². The van der Waals surface area contributed by atoms with Crippen LogP contribution >= 0.6 is 12.2 Å². The van der Waals surface area contributed by atoms with Crippen LogP contribution in [-0.2, 0) is 10.0 Å². The van der Waals surface area contributed by atoms with Gasteiger partial charge in [-0.15, -0.1) is 0 Å². The van der Waals surface area contributed by atoms with Crippen molar-refractivity contribution in [2.45, 2.75) is 0 Å². The van der Waals surface area contributed by atoms with Crippen LogP contribution in [0, 0.1) is 0 Å². The summed E-state index contributed by atoms with van der Waals surface area (Å²) in [4.78, 5) is 8.17. The average Bonchev–Trinajstić information content (AvgIpc) is 2.24. The van der Waals surface area contributed by atoms with E-state index < -0.39 is 10.0 Å². The largest absolute Gasteiger partial charge is 0.388 e. The van der Waals surface area contributed by atoms with Crippen molar-refractivity contribution >= 4 is 33.0 Å². The summed E-state index contributed by atoms with van der Waals surface area (Å²) in [6.07, 6.45) is 4.04. The summed E-state index contributed by atoms with van der Waals surface area (Å²) in [7, 11) is -3.16. The number of rotatable bonds is 6. The Morgan fingerprint density at radius 3 is 2.59 bits per heavy atom. The molecule has 17 heavy (non-hydrogen) atoms. The van der Waals surface area contributed by atoms with Gasteiger partial charge >= 0.3 is 0 Å². The minimum Gasteiger partial charge on any atom is -0.388 e. The fraction of sp³-hybridized carbons (Fsp3) is 0.375. The molecule has 0 unspecified atom stereocenters. The zero-order chi connectivity index (χ0) is 12.9. The van der Waals surface area contributed by atoms with Gasteiger partial charge in [-0.05, 0) is 0 Å². The molecule has 0 amide bonds. The van der Waals surface area contributed by atoms with Gasteiger partial charge in [-0.3, -0.25) is 0 Å². The molecule has 0 saturated carbocycles. The van der Waals surface area contributed by atoms with E-state index in [0.717, 1.165) is 6.26 Å². The van der Waals surface area contributed by atoms with Crippen molar-refractivity contribution in [3.8, 4) is 0 Å². The average molecular weight is 275 g/mol. The zero-order valence-corrected chi connectivity index (χ0v) is 10.8. The maximum Gasteiger partial charge on any atom is 0.208 e. The molecule has 7 nitrogen and oxygen atoms in total. The SMILES string of the molecule is CS(=O)(=O)NCCNc1cnc(C(N)=S)cn1. The Hall–Kier alpha value is -1.32. The summed E-state index contributed by atoms with van der Waals surface area (Å²) in [6, 6.07) is 0. The Morgan fingerprint density at radius 1 is 1.41 bits per heavy atom. The van der Waals surface area contributed by atoms with Gasteiger partial charge in [0.25, 0.3) is 0 Å². The van der Waals surface area contributed by atoms with Crippen molar-refractivity contribution in [2.24, 2.45) is 5.73 Å². The first-order valence-electron chi connectivity index (χ1n) is 4.69. The van der Waals surface area contributed by atoms with Gasteiger partial charge in [0.05, 0.1) is 18.6 Å². The number of nitrogens with one attached hydrogen (secondary N) is 2. The highest BCUT2D eigenvalue weighted by molar-refractivity contribution is 7.88. The van der Waals surface area contributed by atoms with E-state index in [1.807, 2.05) is 0 Å². The monoisotopic (exact) mass is 275 g/mol. The van der Waals surface area contributed by atoms with Crippen molar-refractivity contribution in [3.05, 3.63) is 18.1 Å². The predicted octanol–water partition coefficient (Wildman–Crippen LogP) is -0.928. The Labute approximate surface area is 105 Å². The van der Waals surface area contributed by atoms with Crippen LogP contribution in [0.3, 0.4) is 0 Å². The van der Waals surface area contributed by atoms with Crippen LogP contribution in [-0.4, -0.2) is 42.7 Å². The molecule has 9 heteroatoms. The number of hydrogen-bond donors (Lipinski definition) is 3. The summed E-state index contributed by atoms with van der Waals surface area (Å²) in [5, 5.41) is 2.90. The van der Waals surface area contributed by atoms with E-state index in [1.54, 1.807) is 0 Å². The summed E-state index contributed by atoms with van der Waals surface area (Å²) in [5.74, 6) is 0.528. The number of anilines is 1.